The van der Waals surface area contributed by atoms with Crippen LogP contribution in [0.3, 0.4) is 0 Å². The van der Waals surface area contributed by atoms with Crippen molar-refractivity contribution in [2.45, 2.75) is 20.3 Å². The van der Waals surface area contributed by atoms with Crippen LogP contribution in [0.4, 0.5) is 4.79 Å². The number of nitrogens with zero attached hydrogens (tertiary/aromatic N) is 3. The Kier molecular flexibility index (Phi) is 6.84. The summed E-state index contributed by atoms with van der Waals surface area (Å²) in [6, 6.07) is 5.84. The van der Waals surface area contributed by atoms with Crippen molar-refractivity contribution >= 4 is 17.9 Å². The van der Waals surface area contributed by atoms with Gasteiger partial charge < -0.3 is 10.1 Å². The average Bonchev–Trinajstić information content (AvgIpc) is 3.14. The number of imide groups is 1. The summed E-state index contributed by atoms with van der Waals surface area (Å²) in [5, 5.41) is 8.64. The number of hydrogen-bond acceptors (Lipinski definition) is 6. The molecule has 1 heterocycles. The minimum atomic E-state index is -0.695. The van der Waals surface area contributed by atoms with Gasteiger partial charge in [0, 0.05) is 6.54 Å². The fourth-order valence-electron chi connectivity index (χ4n) is 1.99. The van der Waals surface area contributed by atoms with Crippen molar-refractivity contribution in [2.75, 3.05) is 13.2 Å². The summed E-state index contributed by atoms with van der Waals surface area (Å²) in [6.07, 6.45) is 3.74. The molecule has 0 fully saturated rings. The molecule has 2 N–H and O–H groups in total. The zero-order valence-electron chi connectivity index (χ0n) is 14.6. The Morgan fingerprint density at radius 2 is 1.92 bits per heavy atom. The Hall–Kier alpha value is -3.23. The highest BCUT2D eigenvalue weighted by Crippen LogP contribution is 2.09. The normalized spacial score (nSPS) is 10.4. The summed E-state index contributed by atoms with van der Waals surface area (Å²) >= 11 is 0. The number of benzene rings is 1. The van der Waals surface area contributed by atoms with E-state index in [0.717, 1.165) is 12.1 Å². The summed E-state index contributed by atoms with van der Waals surface area (Å²) in [5.41, 5.74) is 1.01. The van der Waals surface area contributed by atoms with Gasteiger partial charge in [-0.3, -0.25) is 10.1 Å². The van der Waals surface area contributed by atoms with Crippen LogP contribution in [0.15, 0.2) is 36.9 Å². The molecule has 0 aliphatic rings. The van der Waals surface area contributed by atoms with Gasteiger partial charge in [-0.1, -0.05) is 13.8 Å². The minimum absolute atomic E-state index is 0.281. The number of hydrogen-bond donors (Lipinski definition) is 2. The van der Waals surface area contributed by atoms with E-state index >= 15 is 0 Å². The van der Waals surface area contributed by atoms with Crippen molar-refractivity contribution in [2.24, 2.45) is 5.92 Å². The first-order chi connectivity index (χ1) is 12.5. The molecule has 0 radical (unpaired) electrons. The zero-order valence-corrected chi connectivity index (χ0v) is 14.6. The third-order valence-electron chi connectivity index (χ3n) is 3.38. The van der Waals surface area contributed by atoms with E-state index in [9.17, 15) is 14.4 Å². The van der Waals surface area contributed by atoms with Crippen LogP contribution in [-0.4, -0.2) is 45.8 Å². The van der Waals surface area contributed by atoms with Gasteiger partial charge in [0.25, 0.3) is 5.91 Å². The van der Waals surface area contributed by atoms with Gasteiger partial charge in [-0.05, 0) is 36.6 Å². The van der Waals surface area contributed by atoms with Crippen molar-refractivity contribution in [3.8, 4) is 5.69 Å². The molecule has 1 aromatic heterocycles. The lowest BCUT2D eigenvalue weighted by molar-refractivity contribution is -0.123. The van der Waals surface area contributed by atoms with E-state index in [1.807, 2.05) is 13.8 Å². The van der Waals surface area contributed by atoms with Gasteiger partial charge in [-0.15, -0.1) is 0 Å². The second kappa shape index (κ2) is 9.30. The second-order valence-electron chi connectivity index (χ2n) is 5.95. The monoisotopic (exact) mass is 359 g/mol. The van der Waals surface area contributed by atoms with Crippen LogP contribution in [0.5, 0.6) is 0 Å². The standard InChI is InChI=1S/C17H21N5O4/c1-12(2)7-8-19-17(25)21-15(23)9-26-16(24)13-3-5-14(6-4-13)22-11-18-10-20-22/h3-6,10-12H,7-9H2,1-2H3,(H2,19,21,23,25). The number of nitrogens with one attached hydrogen (secondary N) is 2. The van der Waals surface area contributed by atoms with E-state index in [4.69, 9.17) is 4.74 Å². The smallest absolute Gasteiger partial charge is 0.338 e. The van der Waals surface area contributed by atoms with E-state index in [2.05, 4.69) is 20.7 Å². The number of carbonyl (C=O) groups is 3. The number of urea groups is 1. The molecule has 2 aromatic rings. The van der Waals surface area contributed by atoms with E-state index in [0.29, 0.717) is 12.5 Å². The summed E-state index contributed by atoms with van der Waals surface area (Å²) < 4.78 is 6.44. The molecule has 0 unspecified atom stereocenters. The van der Waals surface area contributed by atoms with Crippen LogP contribution >= 0.6 is 0 Å². The minimum Gasteiger partial charge on any atom is -0.452 e. The molecule has 3 amide bonds. The van der Waals surface area contributed by atoms with Gasteiger partial charge in [0.1, 0.15) is 12.7 Å². The van der Waals surface area contributed by atoms with Crippen LogP contribution in [-0.2, 0) is 9.53 Å². The number of esters is 1. The Morgan fingerprint density at radius 1 is 1.19 bits per heavy atom. The molecule has 0 aliphatic carbocycles. The first-order valence-electron chi connectivity index (χ1n) is 8.15. The van der Waals surface area contributed by atoms with E-state index < -0.39 is 24.5 Å². The molecule has 2 rings (SSSR count). The molecular formula is C17H21N5O4. The molecule has 0 saturated carbocycles. The number of aromatic nitrogens is 3. The first kappa shape index (κ1) is 19.1. The summed E-state index contributed by atoms with van der Waals surface area (Å²) in [4.78, 5) is 38.9. The Morgan fingerprint density at radius 3 is 2.54 bits per heavy atom. The average molecular weight is 359 g/mol. The Labute approximate surface area is 150 Å². The first-order valence-corrected chi connectivity index (χ1v) is 8.15. The maximum absolute atomic E-state index is 11.9. The van der Waals surface area contributed by atoms with Gasteiger partial charge >= 0.3 is 12.0 Å². The number of amides is 3. The third kappa shape index (κ3) is 6.00. The topological polar surface area (TPSA) is 115 Å². The summed E-state index contributed by atoms with van der Waals surface area (Å²) in [7, 11) is 0. The van der Waals surface area contributed by atoms with Gasteiger partial charge in [0.2, 0.25) is 0 Å². The maximum atomic E-state index is 11.9. The van der Waals surface area contributed by atoms with E-state index in [1.165, 1.54) is 12.7 Å². The molecule has 0 spiro atoms. The molecule has 0 saturated heterocycles. The van der Waals surface area contributed by atoms with E-state index in [1.54, 1.807) is 28.9 Å². The van der Waals surface area contributed by atoms with Crippen molar-refractivity contribution in [3.63, 3.8) is 0 Å². The molecule has 0 atom stereocenters. The van der Waals surface area contributed by atoms with Gasteiger partial charge in [0.05, 0.1) is 11.3 Å². The molecule has 0 bridgehead atoms. The van der Waals surface area contributed by atoms with Gasteiger partial charge in [-0.25, -0.2) is 19.3 Å². The third-order valence-corrected chi connectivity index (χ3v) is 3.38. The fraction of sp³-hybridized carbons (Fsp3) is 0.353. The predicted molar refractivity (Wildman–Crippen MR) is 92.6 cm³/mol. The lowest BCUT2D eigenvalue weighted by Crippen LogP contribution is -2.41. The molecule has 9 nitrogen and oxygen atoms in total. The van der Waals surface area contributed by atoms with E-state index in [-0.39, 0.29) is 5.56 Å². The van der Waals surface area contributed by atoms with Crippen LogP contribution in [0.2, 0.25) is 0 Å². The zero-order chi connectivity index (χ0) is 18.9. The number of rotatable bonds is 7. The Bertz CT molecular complexity index is 741. The van der Waals surface area contributed by atoms with Crippen molar-refractivity contribution in [3.05, 3.63) is 42.5 Å². The van der Waals surface area contributed by atoms with Crippen molar-refractivity contribution in [1.82, 2.24) is 25.4 Å². The van der Waals surface area contributed by atoms with Crippen molar-refractivity contribution in [1.29, 1.82) is 0 Å². The highest BCUT2D eigenvalue weighted by Gasteiger charge is 2.12. The van der Waals surface area contributed by atoms with Crippen LogP contribution < -0.4 is 10.6 Å². The van der Waals surface area contributed by atoms with Crippen LogP contribution in [0.25, 0.3) is 5.69 Å². The summed E-state index contributed by atoms with van der Waals surface area (Å²) in [6.45, 7) is 3.99. The summed E-state index contributed by atoms with van der Waals surface area (Å²) in [5.74, 6) is -0.909. The lowest BCUT2D eigenvalue weighted by Gasteiger charge is -2.09. The molecule has 0 aliphatic heterocycles. The Balaban J connectivity index is 1.75. The van der Waals surface area contributed by atoms with Crippen LogP contribution in [0.1, 0.15) is 30.6 Å². The number of ether oxygens (including phenoxy) is 1. The van der Waals surface area contributed by atoms with Gasteiger partial charge in [0.15, 0.2) is 6.61 Å². The lowest BCUT2D eigenvalue weighted by atomic mass is 10.1. The maximum Gasteiger partial charge on any atom is 0.338 e. The molecule has 138 valence electrons. The van der Waals surface area contributed by atoms with Crippen molar-refractivity contribution < 1.29 is 19.1 Å². The predicted octanol–water partition coefficient (Wildman–Crippen LogP) is 1.30. The number of carbonyl (C=O) groups excluding carboxylic acids is 3. The van der Waals surface area contributed by atoms with Gasteiger partial charge in [-0.2, -0.15) is 5.10 Å². The second-order valence-corrected chi connectivity index (χ2v) is 5.95. The molecule has 9 heteroatoms. The SMILES string of the molecule is CC(C)CCNC(=O)NC(=O)COC(=O)c1ccc(-n2cncn2)cc1. The molecular weight excluding hydrogens is 338 g/mol. The highest BCUT2D eigenvalue weighted by atomic mass is 16.5. The molecule has 1 aromatic carbocycles. The quantitative estimate of drug-likeness (QED) is 0.720. The molecule has 26 heavy (non-hydrogen) atoms. The fourth-order valence-corrected chi connectivity index (χ4v) is 1.99. The largest absolute Gasteiger partial charge is 0.452 e. The van der Waals surface area contributed by atoms with Crippen LogP contribution in [0, 0.1) is 5.92 Å². The highest BCUT2D eigenvalue weighted by molar-refractivity contribution is 5.97.